The highest BCUT2D eigenvalue weighted by atomic mass is 79.9. The van der Waals surface area contributed by atoms with Crippen molar-refractivity contribution in [3.8, 4) is 0 Å². The average molecular weight is 483 g/mol. The van der Waals surface area contributed by atoms with Gasteiger partial charge < -0.3 is 14.7 Å². The largest absolute Gasteiger partial charge is 0.343 e. The van der Waals surface area contributed by atoms with Crippen molar-refractivity contribution in [2.75, 3.05) is 7.05 Å². The van der Waals surface area contributed by atoms with Crippen LogP contribution in [-0.4, -0.2) is 33.9 Å². The quantitative estimate of drug-likeness (QED) is 0.598. The van der Waals surface area contributed by atoms with Gasteiger partial charge in [-0.3, -0.25) is 9.59 Å². The fraction of sp³-hybridized carbons (Fsp3) is 0.600. The number of carbonyl (C=O) groups excluding carboxylic acids is 2. The van der Waals surface area contributed by atoms with Gasteiger partial charge in [0.15, 0.2) is 5.82 Å². The van der Waals surface area contributed by atoms with Crippen molar-refractivity contribution in [1.29, 1.82) is 0 Å². The Morgan fingerprint density at radius 1 is 1.31 bits per heavy atom. The fourth-order valence-corrected chi connectivity index (χ4v) is 5.29. The third kappa shape index (κ3) is 5.88. The lowest BCUT2D eigenvalue weighted by atomic mass is 9.89. The molecule has 0 aromatic carbocycles. The minimum absolute atomic E-state index is 0.0281. The van der Waals surface area contributed by atoms with E-state index in [0.717, 1.165) is 47.9 Å². The van der Waals surface area contributed by atoms with Gasteiger partial charge in [0.2, 0.25) is 17.7 Å². The monoisotopic (exact) mass is 482 g/mol. The summed E-state index contributed by atoms with van der Waals surface area (Å²) >= 11 is 5.05. The normalized spacial score (nSPS) is 16.2. The summed E-state index contributed by atoms with van der Waals surface area (Å²) in [5.41, 5.74) is -0.558. The van der Waals surface area contributed by atoms with Gasteiger partial charge in [0.25, 0.3) is 0 Å². The van der Waals surface area contributed by atoms with E-state index in [0.29, 0.717) is 31.1 Å². The van der Waals surface area contributed by atoms with E-state index in [1.54, 1.807) is 23.3 Å². The van der Waals surface area contributed by atoms with Crippen LogP contribution in [0.2, 0.25) is 0 Å². The number of thiophene rings is 1. The molecular weight excluding hydrogens is 456 g/mol. The number of amides is 2. The van der Waals surface area contributed by atoms with Crippen LogP contribution >= 0.6 is 27.3 Å². The highest BCUT2D eigenvalue weighted by molar-refractivity contribution is 9.10. The molecule has 1 saturated carbocycles. The molecule has 158 valence electrons. The molecule has 29 heavy (non-hydrogen) atoms. The lowest BCUT2D eigenvalue weighted by molar-refractivity contribution is -0.130. The van der Waals surface area contributed by atoms with Crippen molar-refractivity contribution in [1.82, 2.24) is 20.4 Å². The Kier molecular flexibility index (Phi) is 7.45. The second-order valence-electron chi connectivity index (χ2n) is 7.67. The number of aromatic nitrogens is 2. The van der Waals surface area contributed by atoms with Gasteiger partial charge in [-0.1, -0.05) is 30.8 Å². The summed E-state index contributed by atoms with van der Waals surface area (Å²) in [5, 5.41) is 9.25. The molecule has 0 radical (unpaired) electrons. The molecule has 7 nitrogen and oxygen atoms in total. The first-order valence-electron chi connectivity index (χ1n) is 9.97. The smallest absolute Gasteiger partial charge is 0.227 e. The summed E-state index contributed by atoms with van der Waals surface area (Å²) in [7, 11) is 1.80. The predicted molar refractivity (Wildman–Crippen MR) is 114 cm³/mol. The van der Waals surface area contributed by atoms with Crippen LogP contribution in [0.25, 0.3) is 0 Å². The molecule has 1 N–H and O–H groups in total. The molecule has 1 aliphatic rings. The maximum atomic E-state index is 12.5. The van der Waals surface area contributed by atoms with Gasteiger partial charge in [-0.2, -0.15) is 4.98 Å². The highest BCUT2D eigenvalue weighted by Crippen LogP contribution is 2.34. The number of hydrogen-bond donors (Lipinski definition) is 1. The van der Waals surface area contributed by atoms with Crippen LogP contribution in [0.5, 0.6) is 0 Å². The van der Waals surface area contributed by atoms with Gasteiger partial charge in [-0.25, -0.2) is 0 Å². The van der Waals surface area contributed by atoms with Crippen molar-refractivity contribution in [2.45, 2.75) is 70.4 Å². The van der Waals surface area contributed by atoms with Crippen LogP contribution < -0.4 is 5.32 Å². The van der Waals surface area contributed by atoms with Gasteiger partial charge in [-0.15, -0.1) is 11.3 Å². The Labute approximate surface area is 183 Å². The third-order valence-corrected chi connectivity index (χ3v) is 6.94. The molecule has 9 heteroatoms. The van der Waals surface area contributed by atoms with Crippen molar-refractivity contribution in [3.05, 3.63) is 32.5 Å². The van der Waals surface area contributed by atoms with E-state index in [1.807, 2.05) is 11.4 Å². The van der Waals surface area contributed by atoms with Gasteiger partial charge >= 0.3 is 0 Å². The summed E-state index contributed by atoms with van der Waals surface area (Å²) in [6.07, 6.45) is 6.64. The maximum absolute atomic E-state index is 12.5. The molecule has 2 heterocycles. The number of nitrogens with one attached hydrogen (secondary N) is 1. The number of halogens is 1. The molecule has 2 aromatic heterocycles. The highest BCUT2D eigenvalue weighted by Gasteiger charge is 2.38. The molecular formula is C20H27BrN4O3S. The Balaban J connectivity index is 1.61. The molecule has 2 aromatic rings. The number of hydrogen-bond acceptors (Lipinski definition) is 6. The Morgan fingerprint density at radius 2 is 2.03 bits per heavy atom. The maximum Gasteiger partial charge on any atom is 0.227 e. The van der Waals surface area contributed by atoms with Gasteiger partial charge in [0.1, 0.15) is 5.54 Å². The summed E-state index contributed by atoms with van der Waals surface area (Å²) in [6.45, 7) is 2.10. The van der Waals surface area contributed by atoms with Gasteiger partial charge in [0.05, 0.1) is 6.54 Å². The summed E-state index contributed by atoms with van der Waals surface area (Å²) < 4.78 is 6.46. The second-order valence-corrected chi connectivity index (χ2v) is 9.58. The average Bonchev–Trinajstić information content (AvgIpc) is 3.24. The van der Waals surface area contributed by atoms with Crippen LogP contribution in [0, 0.1) is 0 Å². The summed E-state index contributed by atoms with van der Waals surface area (Å²) in [6, 6.07) is 2.02. The number of carbonyl (C=O) groups is 2. The Hall–Kier alpha value is -1.74. The molecule has 0 atom stereocenters. The van der Waals surface area contributed by atoms with E-state index in [4.69, 9.17) is 4.52 Å². The number of aryl methyl sites for hydroxylation is 1. The van der Waals surface area contributed by atoms with Crippen LogP contribution in [0.4, 0.5) is 0 Å². The minimum atomic E-state index is -0.558. The van der Waals surface area contributed by atoms with Gasteiger partial charge in [-0.05, 0) is 34.8 Å². The van der Waals surface area contributed by atoms with Crippen molar-refractivity contribution < 1.29 is 14.1 Å². The molecule has 1 fully saturated rings. The van der Waals surface area contributed by atoms with Crippen molar-refractivity contribution in [3.63, 3.8) is 0 Å². The first kappa shape index (κ1) is 22.0. The summed E-state index contributed by atoms with van der Waals surface area (Å²) in [5.74, 6) is 0.916. The molecule has 0 unspecified atom stereocenters. The van der Waals surface area contributed by atoms with E-state index in [2.05, 4.69) is 31.4 Å². The van der Waals surface area contributed by atoms with E-state index in [1.165, 1.54) is 6.92 Å². The fourth-order valence-electron chi connectivity index (χ4n) is 3.79. The van der Waals surface area contributed by atoms with E-state index >= 15 is 0 Å². The zero-order valence-corrected chi connectivity index (χ0v) is 19.3. The molecule has 0 aliphatic heterocycles. The lowest BCUT2D eigenvalue weighted by Crippen LogP contribution is -2.45. The summed E-state index contributed by atoms with van der Waals surface area (Å²) in [4.78, 5) is 31.6. The Bertz CT molecular complexity index is 842. The molecule has 0 bridgehead atoms. The lowest BCUT2D eigenvalue weighted by Gasteiger charge is -2.30. The van der Waals surface area contributed by atoms with Crippen LogP contribution in [0.1, 0.15) is 68.5 Å². The molecule has 2 amide bonds. The zero-order chi connectivity index (χ0) is 20.9. The number of nitrogens with zero attached hydrogens (tertiary/aromatic N) is 3. The van der Waals surface area contributed by atoms with E-state index in [-0.39, 0.29) is 11.8 Å². The molecule has 0 spiro atoms. The Morgan fingerprint density at radius 3 is 2.66 bits per heavy atom. The van der Waals surface area contributed by atoms with Crippen LogP contribution in [-0.2, 0) is 28.1 Å². The van der Waals surface area contributed by atoms with E-state index in [9.17, 15) is 9.59 Å². The third-order valence-electron chi connectivity index (χ3n) is 5.26. The van der Waals surface area contributed by atoms with Crippen LogP contribution in [0.15, 0.2) is 20.4 Å². The van der Waals surface area contributed by atoms with Crippen LogP contribution in [0.3, 0.4) is 0 Å². The minimum Gasteiger partial charge on any atom is -0.343 e. The first-order chi connectivity index (χ1) is 13.9. The second kappa shape index (κ2) is 9.84. The topological polar surface area (TPSA) is 88.3 Å². The number of rotatable bonds is 7. The van der Waals surface area contributed by atoms with Crippen molar-refractivity contribution in [2.24, 2.45) is 0 Å². The SMILES string of the molecule is CC(=O)NC1(c2noc(CCC(=O)N(C)Cc3cc(Br)cs3)n2)CCCCCC1. The van der Waals surface area contributed by atoms with Crippen molar-refractivity contribution >= 4 is 39.1 Å². The predicted octanol–water partition coefficient (Wildman–Crippen LogP) is 4.17. The van der Waals surface area contributed by atoms with E-state index < -0.39 is 5.54 Å². The van der Waals surface area contributed by atoms with Gasteiger partial charge in [0, 0.05) is 41.5 Å². The first-order valence-corrected chi connectivity index (χ1v) is 11.6. The molecule has 1 aliphatic carbocycles. The molecule has 0 saturated heterocycles. The zero-order valence-electron chi connectivity index (χ0n) is 16.9. The standard InChI is InChI=1S/C20H27BrN4O3S/c1-14(26)23-20(9-5-3-4-6-10-20)19-22-17(28-24-19)7-8-18(27)25(2)12-16-11-15(21)13-29-16/h11,13H,3-10,12H2,1-2H3,(H,23,26). The molecule has 3 rings (SSSR count).